The zero-order valence-electron chi connectivity index (χ0n) is 29.7. The molecule has 4 aliphatic carbocycles. The van der Waals surface area contributed by atoms with Crippen LogP contribution in [0.1, 0.15) is 81.1 Å². The van der Waals surface area contributed by atoms with Crippen molar-refractivity contribution in [2.75, 3.05) is 13.7 Å². The first-order valence-electron chi connectivity index (χ1n) is 17.4. The van der Waals surface area contributed by atoms with E-state index in [2.05, 4.69) is 19.9 Å². The third-order valence-electron chi connectivity index (χ3n) is 14.2. The summed E-state index contributed by atoms with van der Waals surface area (Å²) in [5.41, 5.74) is -2.74. The third kappa shape index (κ3) is 4.74. The third-order valence-corrected chi connectivity index (χ3v) is 14.2. The number of ketones is 3. The van der Waals surface area contributed by atoms with Gasteiger partial charge in [0.25, 0.3) is 0 Å². The molecule has 6 aliphatic rings. The number of ether oxygens (including phenoxy) is 4. The van der Waals surface area contributed by atoms with Crippen LogP contribution in [0.4, 0.5) is 0 Å². The number of Topliss-reactive ketones (excluding diaryl/α,β-unsaturated/α-hetero) is 3. The molecule has 0 bridgehead atoms. The van der Waals surface area contributed by atoms with Gasteiger partial charge in [0.05, 0.1) is 29.8 Å². The molecule has 0 aromatic carbocycles. The molecule has 48 heavy (non-hydrogen) atoms. The minimum Gasteiger partial charge on any atom is -0.459 e. The van der Waals surface area contributed by atoms with E-state index in [4.69, 9.17) is 18.9 Å². The Balaban J connectivity index is 1.40. The van der Waals surface area contributed by atoms with Gasteiger partial charge in [-0.1, -0.05) is 39.3 Å². The van der Waals surface area contributed by atoms with Crippen molar-refractivity contribution in [3.63, 3.8) is 0 Å². The number of methoxy groups -OCH3 is 1. The van der Waals surface area contributed by atoms with Crippen molar-refractivity contribution in [1.29, 1.82) is 0 Å². The molecule has 268 valence electrons. The molecule has 2 saturated carbocycles. The van der Waals surface area contributed by atoms with Gasteiger partial charge in [-0.05, 0) is 63.4 Å². The fourth-order valence-corrected chi connectivity index (χ4v) is 10.7. The monoisotopic (exact) mass is 674 g/mol. The number of hydrogen-bond donors (Lipinski definition) is 4. The van der Waals surface area contributed by atoms with Gasteiger partial charge in [-0.25, -0.2) is 0 Å². The number of allylic oxidation sites excluding steroid dienone is 4. The number of aliphatic hydroxyl groups excluding tert-OH is 4. The first-order valence-corrected chi connectivity index (χ1v) is 17.4. The lowest BCUT2D eigenvalue weighted by atomic mass is 9.39. The van der Waals surface area contributed by atoms with E-state index < -0.39 is 76.6 Å². The molecular weight excluding hydrogens is 620 g/mol. The highest BCUT2D eigenvalue weighted by molar-refractivity contribution is 6.02. The van der Waals surface area contributed by atoms with Crippen LogP contribution in [0.3, 0.4) is 0 Å². The lowest BCUT2D eigenvalue weighted by Gasteiger charge is -2.63. The van der Waals surface area contributed by atoms with E-state index in [0.717, 1.165) is 5.57 Å². The summed E-state index contributed by atoms with van der Waals surface area (Å²) in [4.78, 5) is 42.5. The largest absolute Gasteiger partial charge is 0.459 e. The van der Waals surface area contributed by atoms with Gasteiger partial charge in [0.1, 0.15) is 36.0 Å². The van der Waals surface area contributed by atoms with Crippen LogP contribution >= 0.6 is 0 Å². The summed E-state index contributed by atoms with van der Waals surface area (Å²) in [6.45, 7) is 15.2. The average Bonchev–Trinajstić information content (AvgIpc) is 3.15. The summed E-state index contributed by atoms with van der Waals surface area (Å²) in [5, 5.41) is 41.0. The summed E-state index contributed by atoms with van der Waals surface area (Å²) in [6.07, 6.45) is -2.78. The van der Waals surface area contributed by atoms with Crippen molar-refractivity contribution < 1.29 is 53.8 Å². The van der Waals surface area contributed by atoms with Gasteiger partial charge in [0.2, 0.25) is 12.1 Å². The van der Waals surface area contributed by atoms with Crippen LogP contribution < -0.4 is 0 Å². The van der Waals surface area contributed by atoms with Gasteiger partial charge >= 0.3 is 0 Å². The zero-order valence-corrected chi connectivity index (χ0v) is 29.7. The van der Waals surface area contributed by atoms with Gasteiger partial charge in [-0.2, -0.15) is 0 Å². The second kappa shape index (κ2) is 11.5. The predicted molar refractivity (Wildman–Crippen MR) is 172 cm³/mol. The SMILES string of the molecule is COC(C)(C)[C@@H]1CC(=O)[C@@H](C)[C@H]2[C@@H](C[C@@]3(C)[C@@H]4CC=C5[C@@H](C=C(O[C@@H]6O[C@H](CO)[C@@H](O)[C@H](O)[C@H]6O)C(=O)C5(C)C)[C@]4(C)C(=O)C[C@]23C)O1. The molecule has 6 rings (SSSR count). The molecule has 2 aliphatic heterocycles. The Morgan fingerprint density at radius 2 is 1.65 bits per heavy atom. The quantitative estimate of drug-likeness (QED) is 0.317. The number of hydrogen-bond acceptors (Lipinski definition) is 11. The van der Waals surface area contributed by atoms with Gasteiger partial charge in [0.15, 0.2) is 5.76 Å². The molecule has 4 N–H and O–H groups in total. The van der Waals surface area contributed by atoms with Gasteiger partial charge < -0.3 is 39.4 Å². The minimum atomic E-state index is -1.69. The lowest BCUT2D eigenvalue weighted by molar-refractivity contribution is -0.291. The molecule has 2 saturated heterocycles. The predicted octanol–water partition coefficient (Wildman–Crippen LogP) is 2.66. The van der Waals surface area contributed by atoms with E-state index in [1.165, 1.54) is 0 Å². The molecule has 0 aromatic heterocycles. The average molecular weight is 675 g/mol. The Labute approximate surface area is 283 Å². The Kier molecular flexibility index (Phi) is 8.59. The maximum Gasteiger partial charge on any atom is 0.229 e. The molecular formula is C37H54O11. The van der Waals surface area contributed by atoms with Gasteiger partial charge in [-0.15, -0.1) is 0 Å². The van der Waals surface area contributed by atoms with Crippen molar-refractivity contribution in [2.24, 2.45) is 45.3 Å². The molecule has 14 atom stereocenters. The molecule has 2 heterocycles. The Morgan fingerprint density at radius 3 is 2.27 bits per heavy atom. The second-order valence-electron chi connectivity index (χ2n) is 17.1. The lowest BCUT2D eigenvalue weighted by Crippen LogP contribution is -2.63. The molecule has 0 amide bonds. The molecule has 0 spiro atoms. The highest BCUT2D eigenvalue weighted by Gasteiger charge is 2.73. The molecule has 11 heteroatoms. The number of aliphatic hydroxyl groups is 4. The minimum absolute atomic E-state index is 0.0648. The Hall–Kier alpha value is -1.99. The van der Waals surface area contributed by atoms with Crippen LogP contribution in [0.5, 0.6) is 0 Å². The summed E-state index contributed by atoms with van der Waals surface area (Å²) in [5.74, 6) is -1.38. The first kappa shape index (κ1) is 35.8. The topological polar surface area (TPSA) is 169 Å². The standard InChI is InChI=1S/C37H54O11/c1-17-20(39)13-26(34(4,5)45-9)46-22-14-35(6)24-11-10-18-19(37(24,8)25(40)15-36(35,7)27(17)22)12-21(31(44)33(18,2)3)47-32-30(43)29(42)28(41)23(16-38)48-32/h10,12,17,19,22-24,26-30,32,38,41-43H,11,13-16H2,1-9H3/t17-,19-,22-,23-,24+,26+,27+,28-,29+,30-,32-,35+,36-,37+/m1/s1. The number of carbonyl (C=O) groups excluding carboxylic acids is 3. The summed E-state index contributed by atoms with van der Waals surface area (Å²) >= 11 is 0. The Bertz CT molecular complexity index is 1430. The highest BCUT2D eigenvalue weighted by Crippen LogP contribution is 2.74. The molecule has 4 fully saturated rings. The van der Waals surface area contributed by atoms with Crippen LogP contribution in [0, 0.1) is 45.3 Å². The van der Waals surface area contributed by atoms with Crippen LogP contribution in [0.25, 0.3) is 0 Å². The molecule has 0 unspecified atom stereocenters. The molecule has 0 aromatic rings. The maximum absolute atomic E-state index is 14.8. The first-order chi connectivity index (χ1) is 22.2. The van der Waals surface area contributed by atoms with Crippen LogP contribution in [-0.4, -0.2) is 100 Å². The van der Waals surface area contributed by atoms with Crippen molar-refractivity contribution in [1.82, 2.24) is 0 Å². The summed E-state index contributed by atoms with van der Waals surface area (Å²) in [6, 6.07) is 0. The van der Waals surface area contributed by atoms with Crippen molar-refractivity contribution in [2.45, 2.75) is 130 Å². The summed E-state index contributed by atoms with van der Waals surface area (Å²) < 4.78 is 24.2. The number of carbonyl (C=O) groups is 3. The van der Waals surface area contributed by atoms with Gasteiger partial charge in [-0.3, -0.25) is 14.4 Å². The van der Waals surface area contributed by atoms with Crippen molar-refractivity contribution >= 4 is 17.3 Å². The summed E-state index contributed by atoms with van der Waals surface area (Å²) in [7, 11) is 1.63. The van der Waals surface area contributed by atoms with Crippen molar-refractivity contribution in [3.8, 4) is 0 Å². The number of rotatable bonds is 5. The van der Waals surface area contributed by atoms with Crippen LogP contribution in [0.2, 0.25) is 0 Å². The van der Waals surface area contributed by atoms with E-state index in [1.54, 1.807) is 27.0 Å². The maximum atomic E-state index is 14.8. The normalized spacial score (nSPS) is 48.8. The van der Waals surface area contributed by atoms with Crippen molar-refractivity contribution in [3.05, 3.63) is 23.5 Å². The Morgan fingerprint density at radius 1 is 0.979 bits per heavy atom. The fourth-order valence-electron chi connectivity index (χ4n) is 10.7. The smallest absolute Gasteiger partial charge is 0.229 e. The highest BCUT2D eigenvalue weighted by atomic mass is 16.7. The second-order valence-corrected chi connectivity index (χ2v) is 17.1. The molecule has 0 radical (unpaired) electrons. The van der Waals surface area contributed by atoms with Crippen LogP contribution in [0.15, 0.2) is 23.5 Å². The van der Waals surface area contributed by atoms with E-state index in [0.29, 0.717) is 12.8 Å². The fraction of sp³-hybridized carbons (Fsp3) is 0.811. The van der Waals surface area contributed by atoms with E-state index in [-0.39, 0.29) is 59.8 Å². The van der Waals surface area contributed by atoms with E-state index >= 15 is 0 Å². The van der Waals surface area contributed by atoms with E-state index in [9.17, 15) is 34.8 Å². The zero-order chi connectivity index (χ0) is 35.5. The molecule has 11 nitrogen and oxygen atoms in total. The van der Waals surface area contributed by atoms with Crippen LogP contribution in [-0.2, 0) is 33.3 Å². The van der Waals surface area contributed by atoms with E-state index in [1.807, 2.05) is 27.7 Å². The van der Waals surface area contributed by atoms with Gasteiger partial charge in [0, 0.05) is 43.1 Å². The number of fused-ring (bicyclic) bond motifs is 7.